The molecule has 1 atom stereocenters. The first-order valence-electron chi connectivity index (χ1n) is 6.14. The number of benzene rings is 1. The minimum Gasteiger partial charge on any atom is -0.495 e. The molecule has 0 saturated carbocycles. The van der Waals surface area contributed by atoms with Crippen LogP contribution >= 0.6 is 43.6 Å². The SMILES string of the molecule is CCC1CCSC(Nc2cc(OC)c(Br)cc2Br)=N1. The van der Waals surface area contributed by atoms with Crippen molar-refractivity contribution >= 4 is 54.5 Å². The van der Waals surface area contributed by atoms with Crippen molar-refractivity contribution in [1.29, 1.82) is 0 Å². The summed E-state index contributed by atoms with van der Waals surface area (Å²) in [6.45, 7) is 2.18. The van der Waals surface area contributed by atoms with Gasteiger partial charge < -0.3 is 10.1 Å². The largest absolute Gasteiger partial charge is 0.495 e. The van der Waals surface area contributed by atoms with Crippen molar-refractivity contribution in [2.75, 3.05) is 18.2 Å². The van der Waals surface area contributed by atoms with Crippen LogP contribution in [0.1, 0.15) is 19.8 Å². The number of rotatable bonds is 3. The molecule has 1 N–H and O–H groups in total. The minimum absolute atomic E-state index is 0.444. The van der Waals surface area contributed by atoms with Gasteiger partial charge in [0.1, 0.15) is 5.75 Å². The average molecular weight is 408 g/mol. The second kappa shape index (κ2) is 6.99. The number of aliphatic imine (C=N–C) groups is 1. The molecule has 6 heteroatoms. The van der Waals surface area contributed by atoms with Gasteiger partial charge in [-0.25, -0.2) is 0 Å². The predicted octanol–water partition coefficient (Wildman–Crippen LogP) is 4.90. The van der Waals surface area contributed by atoms with E-state index >= 15 is 0 Å². The van der Waals surface area contributed by atoms with Crippen LogP contribution in [0.25, 0.3) is 0 Å². The van der Waals surface area contributed by atoms with Gasteiger partial charge in [0, 0.05) is 16.3 Å². The molecule has 0 saturated heterocycles. The molecule has 0 spiro atoms. The Kier molecular flexibility index (Phi) is 5.59. The summed E-state index contributed by atoms with van der Waals surface area (Å²) in [7, 11) is 1.66. The fraction of sp³-hybridized carbons (Fsp3) is 0.462. The molecule has 1 aliphatic heterocycles. The Bertz CT molecular complexity index is 494. The topological polar surface area (TPSA) is 33.6 Å². The number of halogens is 2. The van der Waals surface area contributed by atoms with E-state index in [1.54, 1.807) is 18.9 Å². The molecule has 0 aliphatic carbocycles. The third kappa shape index (κ3) is 3.89. The highest BCUT2D eigenvalue weighted by atomic mass is 79.9. The summed E-state index contributed by atoms with van der Waals surface area (Å²) in [5.41, 5.74) is 0.975. The number of ether oxygens (including phenoxy) is 1. The van der Waals surface area contributed by atoms with E-state index in [1.807, 2.05) is 12.1 Å². The second-order valence-corrected chi connectivity index (χ2v) is 7.02. The Balaban J connectivity index is 2.21. The Morgan fingerprint density at radius 3 is 2.89 bits per heavy atom. The molecule has 1 aliphatic rings. The molecule has 3 nitrogen and oxygen atoms in total. The van der Waals surface area contributed by atoms with Crippen molar-refractivity contribution in [1.82, 2.24) is 0 Å². The molecule has 0 bridgehead atoms. The molecule has 1 aromatic carbocycles. The van der Waals surface area contributed by atoms with Crippen molar-refractivity contribution in [3.05, 3.63) is 21.1 Å². The molecule has 1 aromatic rings. The third-order valence-electron chi connectivity index (χ3n) is 2.94. The zero-order valence-electron chi connectivity index (χ0n) is 10.9. The molecule has 0 fully saturated rings. The average Bonchev–Trinajstić information content (AvgIpc) is 2.42. The smallest absolute Gasteiger partial charge is 0.161 e. The summed E-state index contributed by atoms with van der Waals surface area (Å²) in [6.07, 6.45) is 2.26. The van der Waals surface area contributed by atoms with E-state index in [-0.39, 0.29) is 0 Å². The Labute approximate surface area is 134 Å². The van der Waals surface area contributed by atoms with Crippen molar-refractivity contribution in [3.8, 4) is 5.75 Å². The lowest BCUT2D eigenvalue weighted by Gasteiger charge is -2.20. The van der Waals surface area contributed by atoms with E-state index in [2.05, 4.69) is 44.1 Å². The summed E-state index contributed by atoms with van der Waals surface area (Å²) < 4.78 is 7.23. The number of amidine groups is 1. The second-order valence-electron chi connectivity index (χ2n) is 4.23. The van der Waals surface area contributed by atoms with Crippen LogP contribution in [-0.4, -0.2) is 24.1 Å². The van der Waals surface area contributed by atoms with Gasteiger partial charge in [0.25, 0.3) is 0 Å². The van der Waals surface area contributed by atoms with Crippen molar-refractivity contribution in [2.45, 2.75) is 25.8 Å². The predicted molar refractivity (Wildman–Crippen MR) is 90.6 cm³/mol. The number of nitrogens with zero attached hydrogens (tertiary/aromatic N) is 1. The van der Waals surface area contributed by atoms with Crippen LogP contribution in [-0.2, 0) is 0 Å². The first kappa shape index (κ1) is 15.2. The summed E-state index contributed by atoms with van der Waals surface area (Å²) in [5, 5.41) is 4.37. The molecule has 104 valence electrons. The van der Waals surface area contributed by atoms with Gasteiger partial charge in [-0.05, 0) is 50.8 Å². The van der Waals surface area contributed by atoms with E-state index in [9.17, 15) is 0 Å². The van der Waals surface area contributed by atoms with Gasteiger partial charge in [-0.3, -0.25) is 4.99 Å². The molecule has 0 radical (unpaired) electrons. The van der Waals surface area contributed by atoms with Gasteiger partial charge in [-0.1, -0.05) is 18.7 Å². The number of hydrogen-bond acceptors (Lipinski definition) is 4. The highest BCUT2D eigenvalue weighted by Crippen LogP contribution is 2.35. The molecule has 0 amide bonds. The van der Waals surface area contributed by atoms with Crippen LogP contribution in [0.15, 0.2) is 26.1 Å². The van der Waals surface area contributed by atoms with E-state index in [0.29, 0.717) is 6.04 Å². The number of thioether (sulfide) groups is 1. The third-order valence-corrected chi connectivity index (χ3v) is 5.14. The summed E-state index contributed by atoms with van der Waals surface area (Å²) >= 11 is 8.80. The van der Waals surface area contributed by atoms with Gasteiger partial charge in [0.2, 0.25) is 0 Å². The molecular formula is C13H16Br2N2OS. The van der Waals surface area contributed by atoms with Crippen molar-refractivity contribution < 1.29 is 4.74 Å². The van der Waals surface area contributed by atoms with Crippen LogP contribution in [0.2, 0.25) is 0 Å². The van der Waals surface area contributed by atoms with Crippen LogP contribution in [0.5, 0.6) is 5.75 Å². The van der Waals surface area contributed by atoms with Crippen LogP contribution in [0, 0.1) is 0 Å². The van der Waals surface area contributed by atoms with Gasteiger partial charge in [-0.15, -0.1) is 0 Å². The quantitative estimate of drug-likeness (QED) is 0.773. The van der Waals surface area contributed by atoms with E-state index in [0.717, 1.165) is 44.1 Å². The van der Waals surface area contributed by atoms with Crippen LogP contribution < -0.4 is 10.1 Å². The zero-order chi connectivity index (χ0) is 13.8. The summed E-state index contributed by atoms with van der Waals surface area (Å²) in [4.78, 5) is 4.71. The maximum absolute atomic E-state index is 5.32. The molecular weight excluding hydrogens is 392 g/mol. The zero-order valence-corrected chi connectivity index (χ0v) is 14.9. The number of nitrogens with one attached hydrogen (secondary N) is 1. The number of hydrogen-bond donors (Lipinski definition) is 1. The maximum Gasteiger partial charge on any atom is 0.161 e. The lowest BCUT2D eigenvalue weighted by atomic mass is 10.2. The standard InChI is InChI=1S/C13H16Br2N2OS/c1-3-8-4-5-19-13(16-8)17-11-7-12(18-2)10(15)6-9(11)14/h6-8H,3-5H2,1-2H3,(H,16,17). The summed E-state index contributed by atoms with van der Waals surface area (Å²) in [6, 6.07) is 4.39. The van der Waals surface area contributed by atoms with E-state index < -0.39 is 0 Å². The van der Waals surface area contributed by atoms with Gasteiger partial charge in [-0.2, -0.15) is 0 Å². The summed E-state index contributed by atoms with van der Waals surface area (Å²) in [5.74, 6) is 1.93. The minimum atomic E-state index is 0.444. The molecule has 19 heavy (non-hydrogen) atoms. The Hall–Kier alpha value is -0.200. The lowest BCUT2D eigenvalue weighted by molar-refractivity contribution is 0.412. The highest BCUT2D eigenvalue weighted by Gasteiger charge is 2.15. The first-order chi connectivity index (χ1) is 9.13. The fourth-order valence-electron chi connectivity index (χ4n) is 1.82. The van der Waals surface area contributed by atoms with Crippen molar-refractivity contribution in [2.24, 2.45) is 4.99 Å². The molecule has 1 heterocycles. The Morgan fingerprint density at radius 1 is 1.42 bits per heavy atom. The Morgan fingerprint density at radius 2 is 2.21 bits per heavy atom. The van der Waals surface area contributed by atoms with Crippen LogP contribution in [0.4, 0.5) is 5.69 Å². The maximum atomic E-state index is 5.32. The lowest BCUT2D eigenvalue weighted by Crippen LogP contribution is -2.19. The normalized spacial score (nSPS) is 18.9. The van der Waals surface area contributed by atoms with Gasteiger partial charge >= 0.3 is 0 Å². The van der Waals surface area contributed by atoms with E-state index in [1.165, 1.54) is 0 Å². The van der Waals surface area contributed by atoms with E-state index in [4.69, 9.17) is 9.73 Å². The van der Waals surface area contributed by atoms with Gasteiger partial charge in [0.05, 0.1) is 23.3 Å². The van der Waals surface area contributed by atoms with Crippen LogP contribution in [0.3, 0.4) is 0 Å². The van der Waals surface area contributed by atoms with Crippen molar-refractivity contribution in [3.63, 3.8) is 0 Å². The molecule has 0 aromatic heterocycles. The molecule has 1 unspecified atom stereocenters. The number of methoxy groups -OCH3 is 1. The number of anilines is 1. The molecule has 2 rings (SSSR count). The fourth-order valence-corrected chi connectivity index (χ4v) is 4.06. The monoisotopic (exact) mass is 406 g/mol. The first-order valence-corrected chi connectivity index (χ1v) is 8.71. The van der Waals surface area contributed by atoms with Gasteiger partial charge in [0.15, 0.2) is 5.17 Å². The highest BCUT2D eigenvalue weighted by molar-refractivity contribution is 9.11.